The fourth-order valence-electron chi connectivity index (χ4n) is 4.01. The number of hydrogen-bond acceptors (Lipinski definition) is 8. The number of carboxylic acid groups (broad SMARTS) is 1. The molecule has 0 saturated heterocycles. The fraction of sp³-hybridized carbons (Fsp3) is 0.333. The Balaban J connectivity index is 1.57. The van der Waals surface area contributed by atoms with E-state index < -0.39 is 60.0 Å². The van der Waals surface area contributed by atoms with Gasteiger partial charge in [0.2, 0.25) is 17.7 Å². The molecule has 1 aromatic heterocycles. The molecule has 3 atom stereocenters. The highest BCUT2D eigenvalue weighted by atomic mass is 16.5. The Hall–Kier alpha value is -5.20. The van der Waals surface area contributed by atoms with Crippen molar-refractivity contribution in [2.45, 2.75) is 58.5 Å². The lowest BCUT2D eigenvalue weighted by Gasteiger charge is -2.24. The highest BCUT2D eigenvalue weighted by Gasteiger charge is 2.30. The number of benzene rings is 2. The van der Waals surface area contributed by atoms with Crippen LogP contribution < -0.4 is 26.9 Å². The summed E-state index contributed by atoms with van der Waals surface area (Å²) in [7, 11) is 0. The normalized spacial score (nSPS) is 12.9. The summed E-state index contributed by atoms with van der Waals surface area (Å²) in [4.78, 5) is 74.6. The molecule has 0 aliphatic heterocycles. The average Bonchev–Trinajstić information content (AvgIpc) is 2.97. The first kappa shape index (κ1) is 32.3. The maximum absolute atomic E-state index is 12.9. The molecular weight excluding hydrogens is 560 g/mol. The van der Waals surface area contributed by atoms with Crippen LogP contribution in [0.25, 0.3) is 11.0 Å². The molecule has 228 valence electrons. The molecule has 13 heteroatoms. The zero-order valence-corrected chi connectivity index (χ0v) is 23.9. The van der Waals surface area contributed by atoms with Crippen LogP contribution in [0.3, 0.4) is 0 Å². The smallest absolute Gasteiger partial charge is 0.408 e. The molecule has 0 bridgehead atoms. The van der Waals surface area contributed by atoms with E-state index in [4.69, 9.17) is 9.15 Å². The maximum atomic E-state index is 12.9. The van der Waals surface area contributed by atoms with Crippen molar-refractivity contribution in [2.24, 2.45) is 5.92 Å². The van der Waals surface area contributed by atoms with Crippen LogP contribution >= 0.6 is 0 Å². The SMILES string of the molecule is CC(C)[C@H](NC(=O)OCc1ccccc1)C(=O)N[C@@H](C)C(=O)N[C@@H](CC(=O)O)C(=O)NCc1cc2ccccc2oc1=O. The number of alkyl carbamates (subject to hydrolysis) is 1. The van der Waals surface area contributed by atoms with Crippen molar-refractivity contribution in [3.63, 3.8) is 0 Å². The van der Waals surface area contributed by atoms with E-state index in [9.17, 15) is 33.9 Å². The molecule has 1 heterocycles. The number of aliphatic carboxylic acids is 1. The number of carbonyl (C=O) groups is 5. The highest BCUT2D eigenvalue weighted by Crippen LogP contribution is 2.12. The van der Waals surface area contributed by atoms with Gasteiger partial charge in [0.05, 0.1) is 18.5 Å². The number of nitrogens with one attached hydrogen (secondary N) is 4. The molecule has 0 aliphatic rings. The Morgan fingerprint density at radius 3 is 2.21 bits per heavy atom. The maximum Gasteiger partial charge on any atom is 0.408 e. The predicted octanol–water partition coefficient (Wildman–Crippen LogP) is 1.82. The van der Waals surface area contributed by atoms with Crippen LogP contribution in [0.2, 0.25) is 0 Å². The summed E-state index contributed by atoms with van der Waals surface area (Å²) in [5.74, 6) is -4.12. The van der Waals surface area contributed by atoms with Crippen molar-refractivity contribution in [1.82, 2.24) is 21.3 Å². The monoisotopic (exact) mass is 594 g/mol. The Bertz CT molecular complexity index is 1520. The van der Waals surface area contributed by atoms with Crippen molar-refractivity contribution in [2.75, 3.05) is 0 Å². The first-order valence-electron chi connectivity index (χ1n) is 13.5. The van der Waals surface area contributed by atoms with Gasteiger partial charge in [0, 0.05) is 5.39 Å². The number of carbonyl (C=O) groups excluding carboxylic acids is 4. The third-order valence-electron chi connectivity index (χ3n) is 6.37. The zero-order valence-electron chi connectivity index (χ0n) is 23.9. The Morgan fingerprint density at radius 2 is 1.53 bits per heavy atom. The molecular formula is C30H34N4O9. The zero-order chi connectivity index (χ0) is 31.5. The molecule has 0 spiro atoms. The number of amides is 4. The quantitative estimate of drug-likeness (QED) is 0.184. The van der Waals surface area contributed by atoms with Gasteiger partial charge in [-0.2, -0.15) is 0 Å². The highest BCUT2D eigenvalue weighted by molar-refractivity contribution is 5.95. The van der Waals surface area contributed by atoms with Crippen LogP contribution in [0.4, 0.5) is 4.79 Å². The number of hydrogen-bond donors (Lipinski definition) is 5. The molecule has 5 N–H and O–H groups in total. The predicted molar refractivity (Wildman–Crippen MR) is 155 cm³/mol. The van der Waals surface area contributed by atoms with E-state index in [1.165, 1.54) is 6.92 Å². The van der Waals surface area contributed by atoms with Crippen LogP contribution in [0.5, 0.6) is 0 Å². The largest absolute Gasteiger partial charge is 0.481 e. The lowest BCUT2D eigenvalue weighted by atomic mass is 10.0. The van der Waals surface area contributed by atoms with E-state index in [0.29, 0.717) is 11.0 Å². The molecule has 0 unspecified atom stereocenters. The van der Waals surface area contributed by atoms with Crippen LogP contribution in [0.15, 0.2) is 69.9 Å². The molecule has 13 nitrogen and oxygen atoms in total. The topological polar surface area (TPSA) is 193 Å². The Labute approximate surface area is 247 Å². The van der Waals surface area contributed by atoms with Gasteiger partial charge >= 0.3 is 17.7 Å². The van der Waals surface area contributed by atoms with E-state index >= 15 is 0 Å². The number of rotatable bonds is 13. The summed E-state index contributed by atoms with van der Waals surface area (Å²) in [5.41, 5.74) is 0.580. The first-order chi connectivity index (χ1) is 20.4. The summed E-state index contributed by atoms with van der Waals surface area (Å²) < 4.78 is 10.4. The minimum absolute atomic E-state index is 0.00327. The van der Waals surface area contributed by atoms with E-state index in [1.54, 1.807) is 68.4 Å². The van der Waals surface area contributed by atoms with Gasteiger partial charge in [-0.1, -0.05) is 62.4 Å². The molecule has 43 heavy (non-hydrogen) atoms. The number of ether oxygens (including phenoxy) is 1. The molecule has 0 aliphatic carbocycles. The third-order valence-corrected chi connectivity index (χ3v) is 6.37. The fourth-order valence-corrected chi connectivity index (χ4v) is 4.01. The average molecular weight is 595 g/mol. The molecule has 4 amide bonds. The third kappa shape index (κ3) is 9.69. The Morgan fingerprint density at radius 1 is 0.860 bits per heavy atom. The van der Waals surface area contributed by atoms with Gasteiger partial charge in [0.1, 0.15) is 30.3 Å². The van der Waals surface area contributed by atoms with Crippen LogP contribution in [0.1, 0.15) is 38.3 Å². The number of para-hydroxylation sites is 1. The molecule has 2 aromatic carbocycles. The summed E-state index contributed by atoms with van der Waals surface area (Å²) in [6.07, 6.45) is -1.58. The van der Waals surface area contributed by atoms with Gasteiger partial charge in [-0.25, -0.2) is 9.59 Å². The summed E-state index contributed by atoms with van der Waals surface area (Å²) in [6, 6.07) is 13.5. The lowest BCUT2D eigenvalue weighted by Crippen LogP contribution is -2.57. The second kappa shape index (κ2) is 15.1. The summed E-state index contributed by atoms with van der Waals surface area (Å²) >= 11 is 0. The van der Waals surface area contributed by atoms with Crippen LogP contribution in [-0.2, 0) is 37.1 Å². The second-order valence-corrected chi connectivity index (χ2v) is 10.1. The van der Waals surface area contributed by atoms with Crippen molar-refractivity contribution in [3.8, 4) is 0 Å². The van der Waals surface area contributed by atoms with Gasteiger partial charge in [-0.15, -0.1) is 0 Å². The number of carboxylic acids is 1. The van der Waals surface area contributed by atoms with Crippen molar-refractivity contribution >= 4 is 40.8 Å². The summed E-state index contributed by atoms with van der Waals surface area (Å²) in [5, 5.41) is 19.6. The van der Waals surface area contributed by atoms with E-state index in [0.717, 1.165) is 5.56 Å². The number of fused-ring (bicyclic) bond motifs is 1. The van der Waals surface area contributed by atoms with Crippen molar-refractivity contribution < 1.29 is 38.2 Å². The van der Waals surface area contributed by atoms with Gasteiger partial charge in [-0.3, -0.25) is 19.2 Å². The molecule has 0 fully saturated rings. The standard InChI is InChI=1S/C30H34N4O9/c1-17(2)25(34-30(41)42-16-19-9-5-4-6-10-19)28(39)32-18(3)26(37)33-22(14-24(35)36)27(38)31-15-21-13-20-11-7-8-12-23(20)43-29(21)40/h4-13,17-18,22,25H,14-16H2,1-3H3,(H,31,38)(H,32,39)(H,33,37)(H,34,41)(H,35,36)/t18-,22-,25-/m0/s1. The molecule has 0 radical (unpaired) electrons. The molecule has 3 rings (SSSR count). The van der Waals surface area contributed by atoms with Crippen molar-refractivity contribution in [3.05, 3.63) is 82.2 Å². The van der Waals surface area contributed by atoms with E-state index in [1.807, 2.05) is 6.07 Å². The minimum atomic E-state index is -1.51. The van der Waals surface area contributed by atoms with Gasteiger partial charge in [0.25, 0.3) is 0 Å². The summed E-state index contributed by atoms with van der Waals surface area (Å²) in [6.45, 7) is 4.45. The van der Waals surface area contributed by atoms with Crippen LogP contribution in [-0.4, -0.2) is 53.0 Å². The second-order valence-electron chi connectivity index (χ2n) is 10.1. The first-order valence-corrected chi connectivity index (χ1v) is 13.5. The van der Waals surface area contributed by atoms with Gasteiger partial charge in [-0.05, 0) is 30.5 Å². The minimum Gasteiger partial charge on any atom is -0.481 e. The van der Waals surface area contributed by atoms with E-state index in [-0.39, 0.29) is 24.6 Å². The molecule has 0 saturated carbocycles. The molecule has 3 aromatic rings. The van der Waals surface area contributed by atoms with Crippen LogP contribution in [0, 0.1) is 5.92 Å². The van der Waals surface area contributed by atoms with Gasteiger partial charge in [0.15, 0.2) is 0 Å². The lowest BCUT2D eigenvalue weighted by molar-refractivity contribution is -0.141. The Kier molecular flexibility index (Phi) is 11.4. The van der Waals surface area contributed by atoms with Crippen molar-refractivity contribution in [1.29, 1.82) is 0 Å². The van der Waals surface area contributed by atoms with E-state index in [2.05, 4.69) is 21.3 Å². The van der Waals surface area contributed by atoms with Gasteiger partial charge < -0.3 is 35.5 Å².